The lowest BCUT2D eigenvalue weighted by Crippen LogP contribution is -2.26. The normalized spacial score (nSPS) is 27.6. The van der Waals surface area contributed by atoms with Crippen molar-refractivity contribution >= 4 is 5.84 Å². The van der Waals surface area contributed by atoms with Crippen LogP contribution >= 0.6 is 0 Å². The summed E-state index contributed by atoms with van der Waals surface area (Å²) >= 11 is 0. The monoisotopic (exact) mass is 194 g/mol. The van der Waals surface area contributed by atoms with Gasteiger partial charge in [-0.25, -0.2) is 0 Å². The maximum absolute atomic E-state index is 6.03. The van der Waals surface area contributed by atoms with Crippen molar-refractivity contribution < 1.29 is 0 Å². The van der Waals surface area contributed by atoms with E-state index in [2.05, 4.69) is 11.9 Å². The Labute approximate surface area is 87.0 Å². The predicted octanol–water partition coefficient (Wildman–Crippen LogP) is 2.72. The third-order valence-electron chi connectivity index (χ3n) is 3.77. The molecule has 0 amide bonds. The topological polar surface area (TPSA) is 38.4 Å². The molecule has 14 heavy (non-hydrogen) atoms. The molecule has 2 saturated carbocycles. The van der Waals surface area contributed by atoms with Crippen LogP contribution in [0.25, 0.3) is 0 Å². The van der Waals surface area contributed by atoms with Crippen LogP contribution < -0.4 is 5.73 Å². The average molecular weight is 194 g/mol. The molecule has 2 fully saturated rings. The Morgan fingerprint density at radius 1 is 1.29 bits per heavy atom. The first kappa shape index (κ1) is 10.0. The summed E-state index contributed by atoms with van der Waals surface area (Å²) < 4.78 is 0. The van der Waals surface area contributed by atoms with Crippen LogP contribution in [0.5, 0.6) is 0 Å². The van der Waals surface area contributed by atoms with Gasteiger partial charge in [-0.1, -0.05) is 26.2 Å². The number of rotatable bonds is 3. The molecule has 0 unspecified atom stereocenters. The highest BCUT2D eigenvalue weighted by Crippen LogP contribution is 2.45. The molecule has 0 radical (unpaired) electrons. The summed E-state index contributed by atoms with van der Waals surface area (Å²) in [5, 5.41) is 0. The molecule has 0 spiro atoms. The van der Waals surface area contributed by atoms with Crippen molar-refractivity contribution in [3.05, 3.63) is 0 Å². The van der Waals surface area contributed by atoms with E-state index in [-0.39, 0.29) is 0 Å². The number of hydrogen-bond donors (Lipinski definition) is 1. The average Bonchev–Trinajstić information content (AvgIpc) is 2.95. The van der Waals surface area contributed by atoms with Crippen LogP contribution in [0.3, 0.4) is 0 Å². The van der Waals surface area contributed by atoms with Crippen molar-refractivity contribution in [2.75, 3.05) is 6.54 Å². The Morgan fingerprint density at radius 2 is 1.93 bits per heavy atom. The Kier molecular flexibility index (Phi) is 2.80. The quantitative estimate of drug-likeness (QED) is 0.544. The van der Waals surface area contributed by atoms with Gasteiger partial charge in [-0.05, 0) is 31.1 Å². The predicted molar refractivity (Wildman–Crippen MR) is 60.4 cm³/mol. The Balaban J connectivity index is 1.82. The first-order valence-electron chi connectivity index (χ1n) is 5.99. The SMILES string of the molecule is CC1(CN=C(N)C2CCCCC2)CC1. The van der Waals surface area contributed by atoms with Crippen LogP contribution in [0.2, 0.25) is 0 Å². The van der Waals surface area contributed by atoms with Crippen molar-refractivity contribution in [2.24, 2.45) is 22.1 Å². The zero-order valence-corrected chi connectivity index (χ0v) is 9.26. The highest BCUT2D eigenvalue weighted by atomic mass is 14.9. The number of nitrogens with zero attached hydrogens (tertiary/aromatic N) is 1. The molecule has 2 N–H and O–H groups in total. The molecule has 0 saturated heterocycles. The van der Waals surface area contributed by atoms with Gasteiger partial charge in [0.25, 0.3) is 0 Å². The van der Waals surface area contributed by atoms with Gasteiger partial charge in [0.1, 0.15) is 0 Å². The number of amidine groups is 1. The zero-order valence-electron chi connectivity index (χ0n) is 9.26. The molecule has 0 heterocycles. The molecular weight excluding hydrogens is 172 g/mol. The Morgan fingerprint density at radius 3 is 2.50 bits per heavy atom. The molecule has 2 nitrogen and oxygen atoms in total. The minimum Gasteiger partial charge on any atom is -0.387 e. The lowest BCUT2D eigenvalue weighted by atomic mass is 9.88. The van der Waals surface area contributed by atoms with E-state index in [1.165, 1.54) is 44.9 Å². The molecule has 0 atom stereocenters. The highest BCUT2D eigenvalue weighted by molar-refractivity contribution is 5.82. The summed E-state index contributed by atoms with van der Waals surface area (Å²) in [4.78, 5) is 4.58. The van der Waals surface area contributed by atoms with Gasteiger partial charge in [-0.3, -0.25) is 4.99 Å². The van der Waals surface area contributed by atoms with Gasteiger partial charge < -0.3 is 5.73 Å². The Bertz CT molecular complexity index is 222. The van der Waals surface area contributed by atoms with Gasteiger partial charge in [0.2, 0.25) is 0 Å². The molecule has 2 heteroatoms. The van der Waals surface area contributed by atoms with Gasteiger partial charge >= 0.3 is 0 Å². The summed E-state index contributed by atoms with van der Waals surface area (Å²) in [6.07, 6.45) is 9.30. The molecule has 80 valence electrons. The zero-order chi connectivity index (χ0) is 10.0. The van der Waals surface area contributed by atoms with Gasteiger partial charge in [0.15, 0.2) is 0 Å². The molecule has 0 bridgehead atoms. The van der Waals surface area contributed by atoms with Gasteiger partial charge in [-0.2, -0.15) is 0 Å². The van der Waals surface area contributed by atoms with Crippen LogP contribution in [0, 0.1) is 11.3 Å². The molecule has 2 aliphatic rings. The second kappa shape index (κ2) is 3.92. The lowest BCUT2D eigenvalue weighted by Gasteiger charge is -2.21. The highest BCUT2D eigenvalue weighted by Gasteiger charge is 2.37. The van der Waals surface area contributed by atoms with Crippen LogP contribution in [0.4, 0.5) is 0 Å². The second-order valence-electron chi connectivity index (χ2n) is 5.39. The minimum absolute atomic E-state index is 0.513. The summed E-state index contributed by atoms with van der Waals surface area (Å²) in [6, 6.07) is 0. The number of nitrogens with two attached hydrogens (primary N) is 1. The van der Waals surface area contributed by atoms with Crippen LogP contribution in [0.1, 0.15) is 51.9 Å². The fourth-order valence-electron chi connectivity index (χ4n) is 2.18. The molecular formula is C12H22N2. The van der Waals surface area contributed by atoms with Crippen molar-refractivity contribution in [1.29, 1.82) is 0 Å². The fraction of sp³-hybridized carbons (Fsp3) is 0.917. The molecule has 0 aliphatic heterocycles. The van der Waals surface area contributed by atoms with E-state index >= 15 is 0 Å². The van der Waals surface area contributed by atoms with Gasteiger partial charge in [0.05, 0.1) is 5.84 Å². The van der Waals surface area contributed by atoms with E-state index in [0.717, 1.165) is 12.4 Å². The molecule has 0 aromatic carbocycles. The largest absolute Gasteiger partial charge is 0.387 e. The van der Waals surface area contributed by atoms with E-state index < -0.39 is 0 Å². The van der Waals surface area contributed by atoms with Crippen LogP contribution in [-0.2, 0) is 0 Å². The Hall–Kier alpha value is -0.530. The van der Waals surface area contributed by atoms with E-state index in [4.69, 9.17) is 5.73 Å². The summed E-state index contributed by atoms with van der Waals surface area (Å²) in [5.74, 6) is 1.55. The second-order valence-corrected chi connectivity index (χ2v) is 5.39. The van der Waals surface area contributed by atoms with Crippen molar-refractivity contribution in [3.8, 4) is 0 Å². The van der Waals surface area contributed by atoms with E-state index in [0.29, 0.717) is 11.3 Å². The lowest BCUT2D eigenvalue weighted by molar-refractivity contribution is 0.435. The standard InChI is InChI=1S/C12H22N2/c1-12(7-8-12)9-14-11(13)10-5-3-2-4-6-10/h10H,2-9H2,1H3,(H2,13,14). The number of hydrogen-bond acceptors (Lipinski definition) is 1. The minimum atomic E-state index is 0.513. The van der Waals surface area contributed by atoms with Crippen molar-refractivity contribution in [2.45, 2.75) is 51.9 Å². The molecule has 2 rings (SSSR count). The van der Waals surface area contributed by atoms with Crippen LogP contribution in [0.15, 0.2) is 4.99 Å². The van der Waals surface area contributed by atoms with Gasteiger partial charge in [0, 0.05) is 12.5 Å². The summed E-state index contributed by atoms with van der Waals surface area (Å²) in [7, 11) is 0. The number of aliphatic imine (C=N–C) groups is 1. The molecule has 2 aliphatic carbocycles. The third-order valence-corrected chi connectivity index (χ3v) is 3.77. The maximum Gasteiger partial charge on any atom is 0.0968 e. The first-order valence-corrected chi connectivity index (χ1v) is 5.99. The third kappa shape index (κ3) is 2.49. The first-order chi connectivity index (χ1) is 6.70. The fourth-order valence-corrected chi connectivity index (χ4v) is 2.18. The van der Waals surface area contributed by atoms with E-state index in [1.807, 2.05) is 0 Å². The van der Waals surface area contributed by atoms with Gasteiger partial charge in [-0.15, -0.1) is 0 Å². The van der Waals surface area contributed by atoms with E-state index in [9.17, 15) is 0 Å². The van der Waals surface area contributed by atoms with Crippen molar-refractivity contribution in [1.82, 2.24) is 0 Å². The molecule has 0 aromatic rings. The summed E-state index contributed by atoms with van der Waals surface area (Å²) in [5.41, 5.74) is 6.55. The molecule has 0 aromatic heterocycles. The maximum atomic E-state index is 6.03. The van der Waals surface area contributed by atoms with Crippen LogP contribution in [-0.4, -0.2) is 12.4 Å². The van der Waals surface area contributed by atoms with E-state index in [1.54, 1.807) is 0 Å². The summed E-state index contributed by atoms with van der Waals surface area (Å²) in [6.45, 7) is 3.28. The van der Waals surface area contributed by atoms with Crippen molar-refractivity contribution in [3.63, 3.8) is 0 Å². The smallest absolute Gasteiger partial charge is 0.0968 e.